The van der Waals surface area contributed by atoms with E-state index in [-0.39, 0.29) is 10.6 Å². The topological polar surface area (TPSA) is 72.9 Å². The summed E-state index contributed by atoms with van der Waals surface area (Å²) in [5.74, 6) is 0.0933. The molecule has 0 fully saturated rings. The highest BCUT2D eigenvalue weighted by atomic mass is 32.2. The third-order valence-electron chi connectivity index (χ3n) is 4.51. The Morgan fingerprint density at radius 1 is 0.867 bits per heavy atom. The Bertz CT molecular complexity index is 1100. The number of carbonyl (C=O) groups excluding carboxylic acids is 1. The van der Waals surface area contributed by atoms with Crippen molar-refractivity contribution in [2.75, 3.05) is 18.0 Å². The Hall–Kier alpha value is -3.32. The predicted octanol–water partition coefficient (Wildman–Crippen LogP) is 4.06. The third-order valence-corrected chi connectivity index (χ3v) is 6.27. The van der Waals surface area contributed by atoms with E-state index in [2.05, 4.69) is 0 Å². The molecule has 0 N–H and O–H groups in total. The van der Waals surface area contributed by atoms with Crippen LogP contribution >= 0.6 is 0 Å². The minimum atomic E-state index is -4.12. The molecule has 3 aromatic rings. The van der Waals surface area contributed by atoms with Gasteiger partial charge in [-0.15, -0.1) is 0 Å². The zero-order valence-corrected chi connectivity index (χ0v) is 17.6. The molecule has 0 aromatic heterocycles. The van der Waals surface area contributed by atoms with Gasteiger partial charge in [-0.2, -0.15) is 4.31 Å². The predicted molar refractivity (Wildman–Crippen MR) is 115 cm³/mol. The molecule has 0 spiro atoms. The molecule has 0 radical (unpaired) electrons. The van der Waals surface area contributed by atoms with Gasteiger partial charge in [-0.1, -0.05) is 49.4 Å². The molecule has 0 saturated heterocycles. The molecule has 0 saturated carbocycles. The number of hydrogen-bond acceptors (Lipinski definition) is 5. The van der Waals surface area contributed by atoms with E-state index in [4.69, 9.17) is 9.47 Å². The van der Waals surface area contributed by atoms with E-state index in [0.29, 0.717) is 11.5 Å². The lowest BCUT2D eigenvalue weighted by molar-refractivity contribution is -0.119. The van der Waals surface area contributed by atoms with E-state index in [1.54, 1.807) is 66.7 Å². The monoisotopic (exact) mass is 425 g/mol. The molecule has 156 valence electrons. The molecule has 0 heterocycles. The summed E-state index contributed by atoms with van der Waals surface area (Å²) < 4.78 is 38.2. The Kier molecular flexibility index (Phi) is 6.74. The van der Waals surface area contributed by atoms with Crippen LogP contribution in [0.3, 0.4) is 0 Å². The van der Waals surface area contributed by atoms with E-state index in [9.17, 15) is 13.2 Å². The molecule has 0 atom stereocenters. The smallest absolute Gasteiger partial charge is 0.278 e. The Balaban J connectivity index is 1.95. The van der Waals surface area contributed by atoms with Gasteiger partial charge in [0.05, 0.1) is 17.7 Å². The number of amides is 1. The zero-order chi connectivity index (χ0) is 21.6. The standard InChI is InChI=1S/C23H23NO5S/c1-3-18-13-15-19(16-14-18)24(30(26,27)20-9-5-4-6-10-20)23(25)17-29-22-12-8-7-11-21(22)28-2/h4-16H,3,17H2,1-2H3. The molecule has 0 unspecified atom stereocenters. The maximum Gasteiger partial charge on any atom is 0.278 e. The first-order chi connectivity index (χ1) is 14.5. The van der Waals surface area contributed by atoms with Gasteiger partial charge >= 0.3 is 0 Å². The summed E-state index contributed by atoms with van der Waals surface area (Å²) in [6.07, 6.45) is 0.802. The number of ether oxygens (including phenoxy) is 2. The molecule has 7 heteroatoms. The Morgan fingerprint density at radius 3 is 2.07 bits per heavy atom. The number of para-hydroxylation sites is 2. The fourth-order valence-electron chi connectivity index (χ4n) is 2.92. The second-order valence-electron chi connectivity index (χ2n) is 6.44. The van der Waals surface area contributed by atoms with E-state index in [1.165, 1.54) is 19.2 Å². The van der Waals surface area contributed by atoms with Gasteiger partial charge in [0.25, 0.3) is 15.9 Å². The number of sulfonamides is 1. The van der Waals surface area contributed by atoms with Gasteiger partial charge in [0.15, 0.2) is 18.1 Å². The van der Waals surface area contributed by atoms with Crippen molar-refractivity contribution in [1.29, 1.82) is 0 Å². The normalized spacial score (nSPS) is 11.0. The number of aryl methyl sites for hydroxylation is 1. The summed E-state index contributed by atoms with van der Waals surface area (Å²) in [7, 11) is -2.63. The van der Waals surface area contributed by atoms with Crippen LogP contribution in [0.1, 0.15) is 12.5 Å². The van der Waals surface area contributed by atoms with Crippen molar-refractivity contribution in [3.63, 3.8) is 0 Å². The average molecular weight is 426 g/mol. The zero-order valence-electron chi connectivity index (χ0n) is 16.8. The van der Waals surface area contributed by atoms with Crippen LogP contribution in [0.15, 0.2) is 83.8 Å². The number of carbonyl (C=O) groups is 1. The molecule has 0 aliphatic heterocycles. The van der Waals surface area contributed by atoms with Crippen molar-refractivity contribution in [2.45, 2.75) is 18.2 Å². The highest BCUT2D eigenvalue weighted by Gasteiger charge is 2.31. The fraction of sp³-hybridized carbons (Fsp3) is 0.174. The number of anilines is 1. The fourth-order valence-corrected chi connectivity index (χ4v) is 4.35. The molecule has 3 aromatic carbocycles. The summed E-state index contributed by atoms with van der Waals surface area (Å²) in [5.41, 5.74) is 1.29. The Morgan fingerprint density at radius 2 is 1.47 bits per heavy atom. The van der Waals surface area contributed by atoms with E-state index in [0.717, 1.165) is 16.3 Å². The van der Waals surface area contributed by atoms with Crippen LogP contribution in [-0.4, -0.2) is 28.0 Å². The molecule has 0 aliphatic carbocycles. The van der Waals surface area contributed by atoms with E-state index >= 15 is 0 Å². The van der Waals surface area contributed by atoms with Crippen LogP contribution in [0.5, 0.6) is 11.5 Å². The lowest BCUT2D eigenvalue weighted by atomic mass is 10.1. The first-order valence-corrected chi connectivity index (χ1v) is 10.9. The van der Waals surface area contributed by atoms with Crippen molar-refractivity contribution >= 4 is 21.6 Å². The van der Waals surface area contributed by atoms with E-state index < -0.39 is 22.5 Å². The quantitative estimate of drug-likeness (QED) is 0.544. The van der Waals surface area contributed by atoms with Crippen molar-refractivity contribution in [3.8, 4) is 11.5 Å². The van der Waals surface area contributed by atoms with Crippen molar-refractivity contribution in [1.82, 2.24) is 0 Å². The summed E-state index contributed by atoms with van der Waals surface area (Å²) in [6, 6.07) is 21.6. The minimum Gasteiger partial charge on any atom is -0.493 e. The van der Waals surface area contributed by atoms with Crippen molar-refractivity contribution in [3.05, 3.63) is 84.4 Å². The maximum absolute atomic E-state index is 13.3. The third kappa shape index (κ3) is 4.63. The van der Waals surface area contributed by atoms with Crippen LogP contribution in [-0.2, 0) is 21.2 Å². The second-order valence-corrected chi connectivity index (χ2v) is 8.22. The minimum absolute atomic E-state index is 0.0233. The average Bonchev–Trinajstić information content (AvgIpc) is 2.79. The molecular formula is C23H23NO5S. The molecule has 3 rings (SSSR count). The largest absolute Gasteiger partial charge is 0.493 e. The van der Waals surface area contributed by atoms with Crippen LogP contribution in [0.4, 0.5) is 5.69 Å². The van der Waals surface area contributed by atoms with Crippen molar-refractivity contribution in [2.24, 2.45) is 0 Å². The van der Waals surface area contributed by atoms with Crippen molar-refractivity contribution < 1.29 is 22.7 Å². The molecule has 1 amide bonds. The number of methoxy groups -OCH3 is 1. The SMILES string of the molecule is CCc1ccc(N(C(=O)COc2ccccc2OC)S(=O)(=O)c2ccccc2)cc1. The summed E-state index contributed by atoms with van der Waals surface area (Å²) >= 11 is 0. The highest BCUT2D eigenvalue weighted by molar-refractivity contribution is 7.93. The van der Waals surface area contributed by atoms with Gasteiger partial charge in [-0.05, 0) is 48.4 Å². The number of nitrogens with zero attached hydrogens (tertiary/aromatic N) is 1. The summed E-state index contributed by atoms with van der Waals surface area (Å²) in [5, 5.41) is 0. The maximum atomic E-state index is 13.3. The molecule has 30 heavy (non-hydrogen) atoms. The molecule has 0 aliphatic rings. The highest BCUT2D eigenvalue weighted by Crippen LogP contribution is 2.28. The first kappa shape index (κ1) is 21.4. The molecular weight excluding hydrogens is 402 g/mol. The van der Waals surface area contributed by atoms with Gasteiger partial charge in [-0.3, -0.25) is 4.79 Å². The van der Waals surface area contributed by atoms with Crippen LogP contribution in [0.2, 0.25) is 0 Å². The van der Waals surface area contributed by atoms with Gasteiger partial charge in [0.2, 0.25) is 0 Å². The van der Waals surface area contributed by atoms with Crippen LogP contribution in [0, 0.1) is 0 Å². The molecule has 6 nitrogen and oxygen atoms in total. The van der Waals surface area contributed by atoms with Gasteiger partial charge in [0, 0.05) is 0 Å². The number of hydrogen-bond donors (Lipinski definition) is 0. The van der Waals surface area contributed by atoms with Gasteiger partial charge < -0.3 is 9.47 Å². The second kappa shape index (κ2) is 9.45. The van der Waals surface area contributed by atoms with E-state index in [1.807, 2.05) is 6.92 Å². The number of benzene rings is 3. The van der Waals surface area contributed by atoms with Crippen LogP contribution < -0.4 is 13.8 Å². The van der Waals surface area contributed by atoms with Gasteiger partial charge in [0.1, 0.15) is 0 Å². The lowest BCUT2D eigenvalue weighted by Crippen LogP contribution is -2.40. The van der Waals surface area contributed by atoms with Crippen LogP contribution in [0.25, 0.3) is 0 Å². The first-order valence-electron chi connectivity index (χ1n) is 9.45. The van der Waals surface area contributed by atoms with Gasteiger partial charge in [-0.25, -0.2) is 8.42 Å². The summed E-state index contributed by atoms with van der Waals surface area (Å²) in [4.78, 5) is 13.1. The summed E-state index contributed by atoms with van der Waals surface area (Å²) in [6.45, 7) is 1.53. The molecule has 0 bridgehead atoms. The lowest BCUT2D eigenvalue weighted by Gasteiger charge is -2.23. The Labute approximate surface area is 176 Å². The number of rotatable bonds is 8.